The first kappa shape index (κ1) is 15.2. The van der Waals surface area contributed by atoms with Gasteiger partial charge in [0, 0.05) is 22.7 Å². The SMILES string of the molecule is O=C(Cn1cc([N+](=O)[O-])ccc1=O)c1cc(Cl)ccc1Cl. The smallest absolute Gasteiger partial charge is 0.285 e. The number of benzene rings is 1. The third kappa shape index (κ3) is 3.48. The van der Waals surface area contributed by atoms with E-state index in [4.69, 9.17) is 23.2 Å². The highest BCUT2D eigenvalue weighted by atomic mass is 35.5. The lowest BCUT2D eigenvalue weighted by atomic mass is 10.1. The number of nitrogens with zero attached hydrogens (tertiary/aromatic N) is 2. The molecule has 2 aromatic rings. The van der Waals surface area contributed by atoms with Crippen molar-refractivity contribution in [2.24, 2.45) is 0 Å². The molecule has 1 aromatic carbocycles. The Balaban J connectivity index is 2.35. The average molecular weight is 327 g/mol. The molecule has 0 fully saturated rings. The maximum absolute atomic E-state index is 12.1. The van der Waals surface area contributed by atoms with Gasteiger partial charge >= 0.3 is 0 Å². The number of aromatic nitrogens is 1. The Morgan fingerprint density at radius 1 is 1.24 bits per heavy atom. The van der Waals surface area contributed by atoms with Crippen molar-refractivity contribution < 1.29 is 9.72 Å². The summed E-state index contributed by atoms with van der Waals surface area (Å²) in [6.07, 6.45) is 1.01. The van der Waals surface area contributed by atoms with Crippen LogP contribution in [0.3, 0.4) is 0 Å². The van der Waals surface area contributed by atoms with Gasteiger partial charge in [0.2, 0.25) is 0 Å². The number of nitro groups is 1. The zero-order chi connectivity index (χ0) is 15.6. The minimum Gasteiger partial charge on any atom is -0.301 e. The van der Waals surface area contributed by atoms with E-state index in [-0.39, 0.29) is 22.8 Å². The molecule has 0 aliphatic rings. The zero-order valence-electron chi connectivity index (χ0n) is 10.5. The molecule has 6 nitrogen and oxygen atoms in total. The fraction of sp³-hybridized carbons (Fsp3) is 0.0769. The molecule has 1 heterocycles. The first-order chi connectivity index (χ1) is 9.88. The first-order valence-corrected chi connectivity index (χ1v) is 6.47. The third-order valence-corrected chi connectivity index (χ3v) is 3.29. The molecule has 0 unspecified atom stereocenters. The molecule has 0 atom stereocenters. The van der Waals surface area contributed by atoms with E-state index in [0.717, 1.165) is 22.9 Å². The molecular weight excluding hydrogens is 319 g/mol. The second kappa shape index (κ2) is 6.07. The maximum atomic E-state index is 12.1. The van der Waals surface area contributed by atoms with Gasteiger partial charge in [-0.15, -0.1) is 0 Å². The molecule has 0 saturated heterocycles. The zero-order valence-corrected chi connectivity index (χ0v) is 12.0. The van der Waals surface area contributed by atoms with Crippen molar-refractivity contribution in [1.82, 2.24) is 4.57 Å². The molecular formula is C13H8Cl2N2O4. The van der Waals surface area contributed by atoms with E-state index in [1.165, 1.54) is 18.2 Å². The Labute approximate surface area is 128 Å². The topological polar surface area (TPSA) is 82.2 Å². The number of carbonyl (C=O) groups is 1. The van der Waals surface area contributed by atoms with Crippen LogP contribution < -0.4 is 5.56 Å². The van der Waals surface area contributed by atoms with Gasteiger partial charge in [0.15, 0.2) is 5.78 Å². The highest BCUT2D eigenvalue weighted by Crippen LogP contribution is 2.21. The van der Waals surface area contributed by atoms with Crippen LogP contribution in [0.4, 0.5) is 5.69 Å². The van der Waals surface area contributed by atoms with Crippen molar-refractivity contribution in [2.45, 2.75) is 6.54 Å². The van der Waals surface area contributed by atoms with Crippen molar-refractivity contribution >= 4 is 34.7 Å². The Morgan fingerprint density at radius 3 is 2.62 bits per heavy atom. The summed E-state index contributed by atoms with van der Waals surface area (Å²) in [5.74, 6) is -0.468. The van der Waals surface area contributed by atoms with Gasteiger partial charge in [0.05, 0.1) is 22.7 Å². The van der Waals surface area contributed by atoms with Crippen LogP contribution >= 0.6 is 23.2 Å². The molecule has 0 aliphatic carbocycles. The predicted octanol–water partition coefficient (Wildman–Crippen LogP) is 2.95. The predicted molar refractivity (Wildman–Crippen MR) is 78.1 cm³/mol. The molecule has 0 bridgehead atoms. The summed E-state index contributed by atoms with van der Waals surface area (Å²) < 4.78 is 0.956. The summed E-state index contributed by atoms with van der Waals surface area (Å²) in [7, 11) is 0. The normalized spacial score (nSPS) is 10.4. The van der Waals surface area contributed by atoms with Crippen LogP contribution in [0.15, 0.2) is 41.3 Å². The lowest BCUT2D eigenvalue weighted by Gasteiger charge is -2.06. The first-order valence-electron chi connectivity index (χ1n) is 5.71. The van der Waals surface area contributed by atoms with Gasteiger partial charge in [0.25, 0.3) is 11.2 Å². The standard InChI is InChI=1S/C13H8Cl2N2O4/c14-8-1-3-11(15)10(5-8)12(18)7-16-6-9(17(20)21)2-4-13(16)19/h1-6H,7H2. The van der Waals surface area contributed by atoms with Gasteiger partial charge in [-0.2, -0.15) is 0 Å². The fourth-order valence-electron chi connectivity index (χ4n) is 1.70. The lowest BCUT2D eigenvalue weighted by molar-refractivity contribution is -0.385. The number of halogens is 2. The highest BCUT2D eigenvalue weighted by Gasteiger charge is 2.14. The van der Waals surface area contributed by atoms with E-state index in [0.29, 0.717) is 5.02 Å². The van der Waals surface area contributed by atoms with E-state index in [9.17, 15) is 19.7 Å². The molecule has 2 rings (SSSR count). The minimum absolute atomic E-state index is 0.155. The van der Waals surface area contributed by atoms with Gasteiger partial charge in [0.1, 0.15) is 0 Å². The number of ketones is 1. The van der Waals surface area contributed by atoms with E-state index in [1.807, 2.05) is 0 Å². The fourth-order valence-corrected chi connectivity index (χ4v) is 2.10. The molecule has 21 heavy (non-hydrogen) atoms. The van der Waals surface area contributed by atoms with Gasteiger partial charge in [-0.25, -0.2) is 0 Å². The van der Waals surface area contributed by atoms with E-state index in [2.05, 4.69) is 0 Å². The molecule has 108 valence electrons. The minimum atomic E-state index is -0.646. The maximum Gasteiger partial charge on any atom is 0.285 e. The van der Waals surface area contributed by atoms with Gasteiger partial charge in [-0.05, 0) is 18.2 Å². The molecule has 0 aliphatic heterocycles. The van der Waals surface area contributed by atoms with Crippen LogP contribution in [0.2, 0.25) is 10.0 Å². The van der Waals surface area contributed by atoms with Crippen LogP contribution in [0, 0.1) is 10.1 Å². The Kier molecular flexibility index (Phi) is 4.40. The molecule has 0 saturated carbocycles. The number of rotatable bonds is 4. The quantitative estimate of drug-likeness (QED) is 0.491. The molecule has 0 radical (unpaired) electrons. The summed E-state index contributed by atoms with van der Waals surface area (Å²) in [5.41, 5.74) is -0.644. The van der Waals surface area contributed by atoms with Crippen LogP contribution in [-0.4, -0.2) is 15.3 Å². The Hall–Kier alpha value is -2.18. The molecule has 1 aromatic heterocycles. The van der Waals surface area contributed by atoms with Crippen molar-refractivity contribution in [3.8, 4) is 0 Å². The van der Waals surface area contributed by atoms with E-state index >= 15 is 0 Å². The summed E-state index contributed by atoms with van der Waals surface area (Å²) in [6, 6.07) is 6.49. The summed E-state index contributed by atoms with van der Waals surface area (Å²) in [6.45, 7) is -0.361. The van der Waals surface area contributed by atoms with Gasteiger partial charge in [-0.3, -0.25) is 19.7 Å². The van der Waals surface area contributed by atoms with E-state index < -0.39 is 16.3 Å². The van der Waals surface area contributed by atoms with Gasteiger partial charge < -0.3 is 4.57 Å². The summed E-state index contributed by atoms with van der Waals surface area (Å²) >= 11 is 11.7. The lowest BCUT2D eigenvalue weighted by Crippen LogP contribution is -2.23. The number of hydrogen-bond donors (Lipinski definition) is 0. The number of carbonyl (C=O) groups excluding carboxylic acids is 1. The summed E-state index contributed by atoms with van der Waals surface area (Å²) in [4.78, 5) is 33.8. The second-order valence-electron chi connectivity index (χ2n) is 4.16. The van der Waals surface area contributed by atoms with Crippen LogP contribution in [0.5, 0.6) is 0 Å². The highest BCUT2D eigenvalue weighted by molar-refractivity contribution is 6.35. The van der Waals surface area contributed by atoms with E-state index in [1.54, 1.807) is 0 Å². The summed E-state index contributed by atoms with van der Waals surface area (Å²) in [5, 5.41) is 11.2. The van der Waals surface area contributed by atoms with Gasteiger partial charge in [-0.1, -0.05) is 23.2 Å². The number of pyridine rings is 1. The van der Waals surface area contributed by atoms with Crippen molar-refractivity contribution in [3.63, 3.8) is 0 Å². The van der Waals surface area contributed by atoms with Crippen molar-refractivity contribution in [3.05, 3.63) is 72.6 Å². The Bertz CT molecular complexity index is 786. The monoisotopic (exact) mass is 326 g/mol. The van der Waals surface area contributed by atoms with Crippen LogP contribution in [0.25, 0.3) is 0 Å². The third-order valence-electron chi connectivity index (χ3n) is 2.72. The Morgan fingerprint density at radius 2 is 1.95 bits per heavy atom. The van der Waals surface area contributed by atoms with Crippen molar-refractivity contribution in [1.29, 1.82) is 0 Å². The second-order valence-corrected chi connectivity index (χ2v) is 5.00. The number of hydrogen-bond acceptors (Lipinski definition) is 4. The van der Waals surface area contributed by atoms with Crippen molar-refractivity contribution in [2.75, 3.05) is 0 Å². The average Bonchev–Trinajstić information content (AvgIpc) is 2.43. The molecule has 0 amide bonds. The van der Waals surface area contributed by atoms with Crippen LogP contribution in [0.1, 0.15) is 10.4 Å². The largest absolute Gasteiger partial charge is 0.301 e. The molecule has 8 heteroatoms. The van der Waals surface area contributed by atoms with Crippen LogP contribution in [-0.2, 0) is 6.54 Å². The molecule has 0 N–H and O–H groups in total. The number of Topliss-reactive ketones (excluding diaryl/α,β-unsaturated/α-hetero) is 1. The molecule has 0 spiro atoms.